The Hall–Kier alpha value is -1.35. The predicted molar refractivity (Wildman–Crippen MR) is 82.8 cm³/mol. The molecule has 0 bridgehead atoms. The minimum atomic E-state index is -0.780. The number of carboxylic acids is 1. The van der Waals surface area contributed by atoms with Gasteiger partial charge in [-0.25, -0.2) is 0 Å². The van der Waals surface area contributed by atoms with E-state index in [1.807, 2.05) is 24.3 Å². The van der Waals surface area contributed by atoms with Crippen molar-refractivity contribution >= 4 is 5.97 Å². The van der Waals surface area contributed by atoms with Gasteiger partial charge in [-0.3, -0.25) is 4.79 Å². The lowest BCUT2D eigenvalue weighted by Gasteiger charge is -2.15. The largest absolute Gasteiger partial charge is 0.481 e. The van der Waals surface area contributed by atoms with Gasteiger partial charge in [0.15, 0.2) is 0 Å². The molecule has 0 saturated carbocycles. The highest BCUT2D eigenvalue weighted by Crippen LogP contribution is 2.12. The monoisotopic (exact) mass is 277 g/mol. The van der Waals surface area contributed by atoms with Crippen molar-refractivity contribution < 1.29 is 9.90 Å². The van der Waals surface area contributed by atoms with Gasteiger partial charge in [-0.2, -0.15) is 0 Å². The third-order valence-corrected chi connectivity index (χ3v) is 3.68. The number of aliphatic carboxylic acids is 1. The Kier molecular flexibility index (Phi) is 7.97. The molecule has 0 aliphatic heterocycles. The standard InChI is InChI=1S/C17H27NO2/c1-3-5-6-14(4-2)12-18-13-16-9-7-15(8-10-16)11-17(19)20/h7-10,14,18H,3-6,11-13H2,1-2H3,(H,19,20). The second-order valence-electron chi connectivity index (χ2n) is 5.43. The van der Waals surface area contributed by atoms with E-state index < -0.39 is 5.97 Å². The van der Waals surface area contributed by atoms with Crippen LogP contribution in [-0.4, -0.2) is 17.6 Å². The summed E-state index contributed by atoms with van der Waals surface area (Å²) in [5.41, 5.74) is 2.07. The van der Waals surface area contributed by atoms with E-state index in [1.54, 1.807) is 0 Å². The summed E-state index contributed by atoms with van der Waals surface area (Å²) in [6, 6.07) is 7.83. The van der Waals surface area contributed by atoms with Gasteiger partial charge in [-0.15, -0.1) is 0 Å². The maximum Gasteiger partial charge on any atom is 0.307 e. The van der Waals surface area contributed by atoms with Crippen LogP contribution in [0.2, 0.25) is 0 Å². The Morgan fingerprint density at radius 3 is 2.40 bits per heavy atom. The fourth-order valence-electron chi connectivity index (χ4n) is 2.31. The van der Waals surface area contributed by atoms with Crippen molar-refractivity contribution in [2.75, 3.05) is 6.54 Å². The van der Waals surface area contributed by atoms with Crippen LogP contribution in [0, 0.1) is 5.92 Å². The molecule has 20 heavy (non-hydrogen) atoms. The molecule has 0 heterocycles. The molecule has 3 heteroatoms. The molecule has 0 radical (unpaired) electrons. The quantitative estimate of drug-likeness (QED) is 0.686. The molecule has 1 rings (SSSR count). The first-order valence-electron chi connectivity index (χ1n) is 7.66. The van der Waals surface area contributed by atoms with Gasteiger partial charge in [0, 0.05) is 6.54 Å². The van der Waals surface area contributed by atoms with Crippen molar-refractivity contribution in [3.8, 4) is 0 Å². The molecule has 1 aromatic rings. The highest BCUT2D eigenvalue weighted by Gasteiger charge is 2.05. The zero-order valence-electron chi connectivity index (χ0n) is 12.7. The van der Waals surface area contributed by atoms with E-state index in [0.717, 1.165) is 24.6 Å². The van der Waals surface area contributed by atoms with Crippen molar-refractivity contribution in [3.63, 3.8) is 0 Å². The zero-order valence-corrected chi connectivity index (χ0v) is 12.7. The topological polar surface area (TPSA) is 49.3 Å². The maximum atomic E-state index is 10.6. The summed E-state index contributed by atoms with van der Waals surface area (Å²) in [5, 5.41) is 12.2. The summed E-state index contributed by atoms with van der Waals surface area (Å²) in [5.74, 6) is -0.0150. The highest BCUT2D eigenvalue weighted by atomic mass is 16.4. The van der Waals surface area contributed by atoms with Crippen LogP contribution in [0.1, 0.15) is 50.7 Å². The lowest BCUT2D eigenvalue weighted by Crippen LogP contribution is -2.22. The molecular weight excluding hydrogens is 250 g/mol. The third kappa shape index (κ3) is 6.71. The van der Waals surface area contributed by atoms with Crippen LogP contribution in [0.15, 0.2) is 24.3 Å². The molecule has 1 aromatic carbocycles. The van der Waals surface area contributed by atoms with Crippen molar-refractivity contribution in [3.05, 3.63) is 35.4 Å². The number of carbonyl (C=O) groups is 1. The maximum absolute atomic E-state index is 10.6. The molecule has 0 saturated heterocycles. The molecule has 0 aromatic heterocycles. The van der Waals surface area contributed by atoms with E-state index in [2.05, 4.69) is 19.2 Å². The molecule has 0 spiro atoms. The first-order chi connectivity index (χ1) is 9.65. The van der Waals surface area contributed by atoms with Gasteiger partial charge in [0.25, 0.3) is 0 Å². The van der Waals surface area contributed by atoms with Crippen LogP contribution in [0.25, 0.3) is 0 Å². The minimum absolute atomic E-state index is 0.0998. The van der Waals surface area contributed by atoms with Gasteiger partial charge in [0.2, 0.25) is 0 Å². The molecule has 1 atom stereocenters. The number of unbranched alkanes of at least 4 members (excludes halogenated alkanes) is 1. The van der Waals surface area contributed by atoms with Gasteiger partial charge in [-0.05, 0) is 30.0 Å². The van der Waals surface area contributed by atoms with Crippen molar-refractivity contribution in [2.45, 2.75) is 52.5 Å². The van der Waals surface area contributed by atoms with Crippen molar-refractivity contribution in [1.82, 2.24) is 5.32 Å². The first kappa shape index (κ1) is 16.7. The summed E-state index contributed by atoms with van der Waals surface area (Å²) >= 11 is 0. The van der Waals surface area contributed by atoms with Crippen LogP contribution >= 0.6 is 0 Å². The Bertz CT molecular complexity index is 386. The average molecular weight is 277 g/mol. The Morgan fingerprint density at radius 2 is 1.85 bits per heavy atom. The Morgan fingerprint density at radius 1 is 1.20 bits per heavy atom. The molecular formula is C17H27NO2. The van der Waals surface area contributed by atoms with Crippen LogP contribution < -0.4 is 5.32 Å². The van der Waals surface area contributed by atoms with Crippen LogP contribution in [-0.2, 0) is 17.8 Å². The normalized spacial score (nSPS) is 12.3. The number of carboxylic acid groups (broad SMARTS) is 1. The molecule has 0 amide bonds. The summed E-state index contributed by atoms with van der Waals surface area (Å²) in [6.45, 7) is 6.41. The van der Waals surface area contributed by atoms with Gasteiger partial charge < -0.3 is 10.4 Å². The smallest absolute Gasteiger partial charge is 0.307 e. The van der Waals surface area contributed by atoms with Crippen LogP contribution in [0.5, 0.6) is 0 Å². The van der Waals surface area contributed by atoms with Gasteiger partial charge in [0.05, 0.1) is 6.42 Å². The second-order valence-corrected chi connectivity index (χ2v) is 5.43. The summed E-state index contributed by atoms with van der Waals surface area (Å²) in [6.07, 6.45) is 5.20. The summed E-state index contributed by atoms with van der Waals surface area (Å²) in [7, 11) is 0. The number of hydrogen-bond donors (Lipinski definition) is 2. The van der Waals surface area contributed by atoms with Gasteiger partial charge in [0.1, 0.15) is 0 Å². The molecule has 0 aliphatic carbocycles. The molecule has 0 fully saturated rings. The minimum Gasteiger partial charge on any atom is -0.481 e. The van der Waals surface area contributed by atoms with Gasteiger partial charge in [-0.1, -0.05) is 57.4 Å². The molecule has 112 valence electrons. The van der Waals surface area contributed by atoms with Gasteiger partial charge >= 0.3 is 5.97 Å². The zero-order chi connectivity index (χ0) is 14.8. The second kappa shape index (κ2) is 9.54. The van der Waals surface area contributed by atoms with E-state index in [1.165, 1.54) is 31.2 Å². The van der Waals surface area contributed by atoms with Crippen LogP contribution in [0.3, 0.4) is 0 Å². The highest BCUT2D eigenvalue weighted by molar-refractivity contribution is 5.70. The van der Waals surface area contributed by atoms with E-state index in [4.69, 9.17) is 5.11 Å². The summed E-state index contributed by atoms with van der Waals surface area (Å²) in [4.78, 5) is 10.6. The fraction of sp³-hybridized carbons (Fsp3) is 0.588. The molecule has 0 aliphatic rings. The van der Waals surface area contributed by atoms with E-state index in [-0.39, 0.29) is 6.42 Å². The number of benzene rings is 1. The van der Waals surface area contributed by atoms with E-state index in [0.29, 0.717) is 0 Å². The lowest BCUT2D eigenvalue weighted by atomic mass is 9.99. The molecule has 2 N–H and O–H groups in total. The predicted octanol–water partition coefficient (Wildman–Crippen LogP) is 3.62. The fourth-order valence-corrected chi connectivity index (χ4v) is 2.31. The SMILES string of the molecule is CCCCC(CC)CNCc1ccc(CC(=O)O)cc1. The van der Waals surface area contributed by atoms with Crippen LogP contribution in [0.4, 0.5) is 0 Å². The first-order valence-corrected chi connectivity index (χ1v) is 7.66. The number of rotatable bonds is 10. The molecule has 3 nitrogen and oxygen atoms in total. The number of hydrogen-bond acceptors (Lipinski definition) is 2. The summed E-state index contributed by atoms with van der Waals surface area (Å²) < 4.78 is 0. The Labute approximate surface area is 122 Å². The number of nitrogens with one attached hydrogen (secondary N) is 1. The lowest BCUT2D eigenvalue weighted by molar-refractivity contribution is -0.136. The third-order valence-electron chi connectivity index (χ3n) is 3.68. The van der Waals surface area contributed by atoms with Crippen molar-refractivity contribution in [2.24, 2.45) is 5.92 Å². The van der Waals surface area contributed by atoms with E-state index >= 15 is 0 Å². The Balaban J connectivity index is 2.32. The average Bonchev–Trinajstić information content (AvgIpc) is 2.44. The van der Waals surface area contributed by atoms with Crippen molar-refractivity contribution in [1.29, 1.82) is 0 Å². The van der Waals surface area contributed by atoms with E-state index in [9.17, 15) is 4.79 Å². The molecule has 1 unspecified atom stereocenters.